The number of hydrogen-bond donors (Lipinski definition) is 1. The number of rotatable bonds is 8. The largest absolute Gasteiger partial charge is 0.573 e. The molecule has 1 N–H and O–H groups in total. The summed E-state index contributed by atoms with van der Waals surface area (Å²) in [5.41, 5.74) is 0.187. The van der Waals surface area contributed by atoms with E-state index in [4.69, 9.17) is 24.0 Å². The van der Waals surface area contributed by atoms with Gasteiger partial charge in [-0.15, -0.1) is 13.2 Å². The Bertz CT molecular complexity index is 1430. The molecule has 2 bridgehead atoms. The summed E-state index contributed by atoms with van der Waals surface area (Å²) >= 11 is 0. The minimum absolute atomic E-state index is 0.0561. The highest BCUT2D eigenvalue weighted by Crippen LogP contribution is 2.60. The molecule has 0 unspecified atom stereocenters. The molecule has 1 amide bonds. The van der Waals surface area contributed by atoms with E-state index in [0.717, 1.165) is 19.3 Å². The first-order chi connectivity index (χ1) is 21.3. The molecular formula is C33H36F3NO8. The second-order valence-electron chi connectivity index (χ2n) is 12.5. The first-order valence-corrected chi connectivity index (χ1v) is 15.2. The number of nitrogens with one attached hydrogen (secondary N) is 1. The van der Waals surface area contributed by atoms with Crippen LogP contribution >= 0.6 is 0 Å². The molecule has 5 fully saturated rings. The molecule has 1 spiro atoms. The summed E-state index contributed by atoms with van der Waals surface area (Å²) in [5, 5.41) is 2.96. The molecule has 0 aromatic heterocycles. The van der Waals surface area contributed by atoms with E-state index in [-0.39, 0.29) is 41.8 Å². The van der Waals surface area contributed by atoms with Crippen LogP contribution in [-0.4, -0.2) is 48.6 Å². The average Bonchev–Trinajstić information content (AvgIpc) is 3.23. The van der Waals surface area contributed by atoms with Gasteiger partial charge in [-0.3, -0.25) is 9.59 Å². The van der Waals surface area contributed by atoms with Gasteiger partial charge in [-0.1, -0.05) is 32.1 Å². The molecule has 2 aromatic rings. The monoisotopic (exact) mass is 631 g/mol. The number of halogens is 3. The second-order valence-corrected chi connectivity index (χ2v) is 12.5. The molecule has 1 aliphatic carbocycles. The fraction of sp³-hybridized carbons (Fsp3) is 0.515. The van der Waals surface area contributed by atoms with Crippen LogP contribution in [-0.2, 0) is 24.0 Å². The lowest BCUT2D eigenvalue weighted by Gasteiger charge is -2.60. The van der Waals surface area contributed by atoms with Crippen LogP contribution in [0.2, 0.25) is 0 Å². The summed E-state index contributed by atoms with van der Waals surface area (Å²) in [5.74, 6) is -0.838. The van der Waals surface area contributed by atoms with Crippen LogP contribution < -0.4 is 14.8 Å². The predicted molar refractivity (Wildman–Crippen MR) is 153 cm³/mol. The lowest BCUT2D eigenvalue weighted by atomic mass is 9.58. The Morgan fingerprint density at radius 3 is 2.40 bits per heavy atom. The summed E-state index contributed by atoms with van der Waals surface area (Å²) in [6.45, 7) is 5.90. The summed E-state index contributed by atoms with van der Waals surface area (Å²) < 4.78 is 59.2. The molecule has 242 valence electrons. The Morgan fingerprint density at radius 2 is 1.69 bits per heavy atom. The van der Waals surface area contributed by atoms with Crippen LogP contribution in [0.15, 0.2) is 54.6 Å². The molecule has 1 saturated carbocycles. The van der Waals surface area contributed by atoms with Gasteiger partial charge in [-0.25, -0.2) is 9.78 Å². The van der Waals surface area contributed by atoms with E-state index in [1.807, 2.05) is 6.92 Å². The van der Waals surface area contributed by atoms with Gasteiger partial charge in [0.1, 0.15) is 17.7 Å². The summed E-state index contributed by atoms with van der Waals surface area (Å²) in [6.07, 6.45) is 0.361. The zero-order chi connectivity index (χ0) is 32.0. The van der Waals surface area contributed by atoms with E-state index in [2.05, 4.69) is 23.9 Å². The van der Waals surface area contributed by atoms with Gasteiger partial charge in [-0.05, 0) is 86.1 Å². The molecule has 4 aliphatic heterocycles. The van der Waals surface area contributed by atoms with Crippen molar-refractivity contribution in [2.45, 2.75) is 76.7 Å². The van der Waals surface area contributed by atoms with Crippen LogP contribution in [0.1, 0.15) is 62.4 Å². The number of fused-ring (bicyclic) bond motifs is 2. The van der Waals surface area contributed by atoms with E-state index in [1.165, 1.54) is 36.4 Å². The van der Waals surface area contributed by atoms with Crippen molar-refractivity contribution in [1.29, 1.82) is 0 Å². The maximum absolute atomic E-state index is 12.9. The molecule has 7 rings (SSSR count). The maximum atomic E-state index is 12.9. The summed E-state index contributed by atoms with van der Waals surface area (Å²) in [6, 6.07) is 11.4. The number of amides is 1. The number of hydrogen-bond acceptors (Lipinski definition) is 8. The predicted octanol–water partition coefficient (Wildman–Crippen LogP) is 6.18. The SMILES string of the molecule is C[C@H]1[C@H](NC(=O)COc2ccc(C(=O)/C=C/c3ccc(OC(F)(F)F)cc3)cc2)O[C@@H]2O[C@]3(C)CC[C@H]4[C@H](C)CC[C@@H]1[C@@]24OO3. The van der Waals surface area contributed by atoms with E-state index in [0.29, 0.717) is 29.2 Å². The highest BCUT2D eigenvalue weighted by molar-refractivity contribution is 6.06. The number of ketones is 1. The number of allylic oxidation sites excluding steroid dienone is 1. The lowest BCUT2D eigenvalue weighted by Crippen LogP contribution is -2.72. The molecule has 4 heterocycles. The van der Waals surface area contributed by atoms with Crippen molar-refractivity contribution in [1.82, 2.24) is 5.32 Å². The standard InChI is InChI=1S/C33H36F3NO8/c1-19-4-14-26-20(2)29(41-30-32(26)25(19)16-17-31(3,43-30)44-45-32)37-28(39)18-40-23-12-8-22(9-13-23)27(38)15-7-21-5-10-24(11-6-21)42-33(34,35)36/h5-13,15,19-20,25-26,29-30H,4,14,16-18H2,1-3H3,(H,37,39)/b15-7+/t19-,20-,25+,26+,29-,30-,31+,32-/m1/s1. The summed E-state index contributed by atoms with van der Waals surface area (Å²) in [4.78, 5) is 37.5. The Kier molecular flexibility index (Phi) is 8.44. The number of ether oxygens (including phenoxy) is 4. The van der Waals surface area contributed by atoms with Crippen LogP contribution in [0, 0.1) is 23.7 Å². The van der Waals surface area contributed by atoms with Crippen LogP contribution in [0.5, 0.6) is 11.5 Å². The molecule has 4 saturated heterocycles. The molecular weight excluding hydrogens is 595 g/mol. The fourth-order valence-corrected chi connectivity index (χ4v) is 7.18. The first kappa shape index (κ1) is 31.5. The van der Waals surface area contributed by atoms with Gasteiger partial charge in [0, 0.05) is 23.8 Å². The van der Waals surface area contributed by atoms with Crippen molar-refractivity contribution >= 4 is 17.8 Å². The molecule has 0 radical (unpaired) electrons. The van der Waals surface area contributed by atoms with Crippen molar-refractivity contribution in [2.24, 2.45) is 23.7 Å². The maximum Gasteiger partial charge on any atom is 0.573 e. The van der Waals surface area contributed by atoms with Crippen molar-refractivity contribution in [3.8, 4) is 11.5 Å². The quantitative estimate of drug-likeness (QED) is 0.209. The van der Waals surface area contributed by atoms with Crippen molar-refractivity contribution in [2.75, 3.05) is 6.61 Å². The van der Waals surface area contributed by atoms with Gasteiger partial charge in [0.25, 0.3) is 5.91 Å². The van der Waals surface area contributed by atoms with Crippen LogP contribution in [0.25, 0.3) is 6.08 Å². The number of benzene rings is 2. The van der Waals surface area contributed by atoms with Crippen molar-refractivity contribution in [3.63, 3.8) is 0 Å². The first-order valence-electron chi connectivity index (χ1n) is 15.2. The topological polar surface area (TPSA) is 102 Å². The average molecular weight is 632 g/mol. The molecule has 45 heavy (non-hydrogen) atoms. The number of carbonyl (C=O) groups excluding carboxylic acids is 2. The molecule has 9 nitrogen and oxygen atoms in total. The third kappa shape index (κ3) is 6.46. The fourth-order valence-electron chi connectivity index (χ4n) is 7.18. The van der Waals surface area contributed by atoms with E-state index in [1.54, 1.807) is 24.3 Å². The summed E-state index contributed by atoms with van der Waals surface area (Å²) in [7, 11) is 0. The zero-order valence-electron chi connectivity index (χ0n) is 25.2. The van der Waals surface area contributed by atoms with Gasteiger partial charge in [-0.2, -0.15) is 0 Å². The minimum Gasteiger partial charge on any atom is -0.484 e. The lowest BCUT2D eigenvalue weighted by molar-refractivity contribution is -0.571. The van der Waals surface area contributed by atoms with Crippen LogP contribution in [0.3, 0.4) is 0 Å². The van der Waals surface area contributed by atoms with E-state index < -0.39 is 30.3 Å². The van der Waals surface area contributed by atoms with Crippen LogP contribution in [0.4, 0.5) is 13.2 Å². The Labute approximate surface area is 258 Å². The highest BCUT2D eigenvalue weighted by atomic mass is 19.4. The Balaban J connectivity index is 1.02. The van der Waals surface area contributed by atoms with Gasteiger partial charge in [0.2, 0.25) is 5.79 Å². The third-order valence-electron chi connectivity index (χ3n) is 9.51. The zero-order valence-corrected chi connectivity index (χ0v) is 25.2. The van der Waals surface area contributed by atoms with E-state index in [9.17, 15) is 22.8 Å². The number of alkyl halides is 3. The molecule has 5 aliphatic rings. The molecule has 8 atom stereocenters. The normalized spacial score (nSPS) is 34.1. The van der Waals surface area contributed by atoms with Crippen molar-refractivity contribution in [3.05, 3.63) is 65.7 Å². The Morgan fingerprint density at radius 1 is 0.978 bits per heavy atom. The van der Waals surface area contributed by atoms with Gasteiger partial charge in [0.15, 0.2) is 24.3 Å². The van der Waals surface area contributed by atoms with Gasteiger partial charge < -0.3 is 24.3 Å². The highest BCUT2D eigenvalue weighted by Gasteiger charge is 2.69. The van der Waals surface area contributed by atoms with Crippen molar-refractivity contribution < 1.29 is 51.5 Å². The number of carbonyl (C=O) groups is 2. The second kappa shape index (κ2) is 12.1. The molecule has 12 heteroatoms. The minimum atomic E-state index is -4.77. The van der Waals surface area contributed by atoms with Gasteiger partial charge in [0.05, 0.1) is 0 Å². The van der Waals surface area contributed by atoms with Gasteiger partial charge >= 0.3 is 6.36 Å². The third-order valence-corrected chi connectivity index (χ3v) is 9.51. The Hall–Kier alpha value is -3.45. The smallest absolute Gasteiger partial charge is 0.484 e. The molecule has 2 aromatic carbocycles. The van der Waals surface area contributed by atoms with E-state index >= 15 is 0 Å².